The van der Waals surface area contributed by atoms with Crippen molar-refractivity contribution in [1.29, 1.82) is 0 Å². The number of aromatic hydroxyl groups is 1. The molecule has 1 aromatic carbocycles. The molecule has 94 valence electrons. The average molecular weight is 300 g/mol. The summed E-state index contributed by atoms with van der Waals surface area (Å²) in [6, 6.07) is 4.87. The van der Waals surface area contributed by atoms with Crippen LogP contribution in [-0.2, 0) is 0 Å². The van der Waals surface area contributed by atoms with Crippen LogP contribution in [0.1, 0.15) is 38.1 Å². The molecule has 4 heteroatoms. The lowest BCUT2D eigenvalue weighted by Gasteiger charge is -2.28. The summed E-state index contributed by atoms with van der Waals surface area (Å²) < 4.78 is 0.746. The molecule has 0 aliphatic carbocycles. The molecular formula is C13H18BrNO2. The van der Waals surface area contributed by atoms with Crippen molar-refractivity contribution in [3.05, 3.63) is 28.2 Å². The van der Waals surface area contributed by atoms with Gasteiger partial charge in [0.05, 0.1) is 5.56 Å². The van der Waals surface area contributed by atoms with E-state index in [9.17, 15) is 9.90 Å². The minimum atomic E-state index is -0.252. The standard InChI is InChI=1S/C13H18BrNO2/c1-8(13(2,3)4)15-12(17)10-6-5-9(14)7-11(10)16/h5-8,16H,1-4H3,(H,15,17). The topological polar surface area (TPSA) is 49.3 Å². The van der Waals surface area contributed by atoms with Gasteiger partial charge < -0.3 is 10.4 Å². The third-order valence-corrected chi connectivity index (χ3v) is 3.34. The van der Waals surface area contributed by atoms with E-state index in [1.807, 2.05) is 6.92 Å². The van der Waals surface area contributed by atoms with Gasteiger partial charge in [-0.2, -0.15) is 0 Å². The van der Waals surface area contributed by atoms with Crippen molar-refractivity contribution in [3.63, 3.8) is 0 Å². The van der Waals surface area contributed by atoms with Crippen molar-refractivity contribution >= 4 is 21.8 Å². The first-order chi connectivity index (χ1) is 7.71. The summed E-state index contributed by atoms with van der Waals surface area (Å²) >= 11 is 3.24. The molecule has 17 heavy (non-hydrogen) atoms. The van der Waals surface area contributed by atoms with Gasteiger partial charge in [-0.3, -0.25) is 4.79 Å². The highest BCUT2D eigenvalue weighted by Crippen LogP contribution is 2.24. The number of nitrogens with one attached hydrogen (secondary N) is 1. The van der Waals surface area contributed by atoms with Gasteiger partial charge in [-0.05, 0) is 30.5 Å². The number of phenols is 1. The second-order valence-corrected chi connectivity index (χ2v) is 6.14. The number of amides is 1. The van der Waals surface area contributed by atoms with Crippen LogP contribution in [0.4, 0.5) is 0 Å². The highest BCUT2D eigenvalue weighted by Gasteiger charge is 2.23. The molecule has 2 N–H and O–H groups in total. The Bertz CT molecular complexity index is 424. The number of benzene rings is 1. The summed E-state index contributed by atoms with van der Waals surface area (Å²) in [5.74, 6) is -0.268. The van der Waals surface area contributed by atoms with Gasteiger partial charge in [-0.25, -0.2) is 0 Å². The summed E-state index contributed by atoms with van der Waals surface area (Å²) in [6.07, 6.45) is 0. The summed E-state index contributed by atoms with van der Waals surface area (Å²) in [5.41, 5.74) is 0.282. The Balaban J connectivity index is 2.84. The number of phenolic OH excluding ortho intramolecular Hbond substituents is 1. The first-order valence-electron chi connectivity index (χ1n) is 5.51. The lowest BCUT2D eigenvalue weighted by atomic mass is 9.88. The Morgan fingerprint density at radius 2 is 2.00 bits per heavy atom. The quantitative estimate of drug-likeness (QED) is 0.880. The van der Waals surface area contributed by atoms with Gasteiger partial charge in [0.2, 0.25) is 0 Å². The largest absolute Gasteiger partial charge is 0.507 e. The Morgan fingerprint density at radius 1 is 1.41 bits per heavy atom. The third-order valence-electron chi connectivity index (χ3n) is 2.85. The zero-order chi connectivity index (χ0) is 13.2. The number of rotatable bonds is 2. The van der Waals surface area contributed by atoms with Crippen LogP contribution < -0.4 is 5.32 Å². The van der Waals surface area contributed by atoms with Crippen molar-refractivity contribution in [3.8, 4) is 5.75 Å². The van der Waals surface area contributed by atoms with Gasteiger partial charge in [0.15, 0.2) is 0 Å². The van der Waals surface area contributed by atoms with E-state index in [1.54, 1.807) is 12.1 Å². The second kappa shape index (κ2) is 5.08. The Kier molecular flexibility index (Phi) is 4.20. The number of carbonyl (C=O) groups is 1. The predicted molar refractivity (Wildman–Crippen MR) is 72.2 cm³/mol. The number of carbonyl (C=O) groups excluding carboxylic acids is 1. The minimum absolute atomic E-state index is 0.0133. The second-order valence-electron chi connectivity index (χ2n) is 5.22. The third kappa shape index (κ3) is 3.73. The van der Waals surface area contributed by atoms with Crippen molar-refractivity contribution in [2.75, 3.05) is 0 Å². The van der Waals surface area contributed by atoms with Crippen LogP contribution in [0.25, 0.3) is 0 Å². The lowest BCUT2D eigenvalue weighted by Crippen LogP contribution is -2.41. The van der Waals surface area contributed by atoms with Gasteiger partial charge in [0.25, 0.3) is 5.91 Å². The summed E-state index contributed by atoms with van der Waals surface area (Å²) in [5, 5.41) is 12.6. The maximum absolute atomic E-state index is 11.9. The van der Waals surface area contributed by atoms with Crippen LogP contribution in [0.15, 0.2) is 22.7 Å². The first-order valence-corrected chi connectivity index (χ1v) is 6.30. The molecule has 0 aromatic heterocycles. The highest BCUT2D eigenvalue weighted by molar-refractivity contribution is 9.10. The van der Waals surface area contributed by atoms with Gasteiger partial charge in [0, 0.05) is 10.5 Å². The molecule has 0 spiro atoms. The molecular weight excluding hydrogens is 282 g/mol. The Morgan fingerprint density at radius 3 is 2.47 bits per heavy atom. The smallest absolute Gasteiger partial charge is 0.255 e. The van der Waals surface area contributed by atoms with E-state index in [-0.39, 0.29) is 23.1 Å². The molecule has 0 heterocycles. The molecule has 1 atom stereocenters. The molecule has 1 amide bonds. The molecule has 0 fully saturated rings. The Hall–Kier alpha value is -1.03. The van der Waals surface area contributed by atoms with E-state index in [0.717, 1.165) is 4.47 Å². The van der Waals surface area contributed by atoms with Crippen LogP contribution in [-0.4, -0.2) is 17.1 Å². The normalized spacial score (nSPS) is 13.2. The number of halogens is 1. The van der Waals surface area contributed by atoms with E-state index < -0.39 is 0 Å². The summed E-state index contributed by atoms with van der Waals surface area (Å²) in [6.45, 7) is 8.12. The fourth-order valence-corrected chi connectivity index (χ4v) is 1.54. The van der Waals surface area contributed by atoms with Crippen molar-refractivity contribution in [2.24, 2.45) is 5.41 Å². The van der Waals surface area contributed by atoms with Gasteiger partial charge in [0.1, 0.15) is 5.75 Å². The molecule has 0 aliphatic heterocycles. The lowest BCUT2D eigenvalue weighted by molar-refractivity contribution is 0.0907. The fourth-order valence-electron chi connectivity index (χ4n) is 1.19. The number of hydrogen-bond acceptors (Lipinski definition) is 2. The summed E-state index contributed by atoms with van der Waals surface area (Å²) in [7, 11) is 0. The maximum Gasteiger partial charge on any atom is 0.255 e. The van der Waals surface area contributed by atoms with Crippen LogP contribution in [0.5, 0.6) is 5.75 Å². The van der Waals surface area contributed by atoms with Gasteiger partial charge in [-0.1, -0.05) is 36.7 Å². The molecule has 1 aromatic rings. The Labute approximate surface area is 110 Å². The SMILES string of the molecule is CC(NC(=O)c1ccc(Br)cc1O)C(C)(C)C. The van der Waals surface area contributed by atoms with Crippen LogP contribution in [0.3, 0.4) is 0 Å². The van der Waals surface area contributed by atoms with E-state index in [2.05, 4.69) is 42.0 Å². The average Bonchev–Trinajstić information content (AvgIpc) is 2.15. The van der Waals surface area contributed by atoms with Crippen molar-refractivity contribution in [1.82, 2.24) is 5.32 Å². The fraction of sp³-hybridized carbons (Fsp3) is 0.462. The van der Waals surface area contributed by atoms with E-state index in [0.29, 0.717) is 5.56 Å². The molecule has 1 unspecified atom stereocenters. The van der Waals surface area contributed by atoms with Gasteiger partial charge in [-0.15, -0.1) is 0 Å². The molecule has 0 aliphatic rings. The van der Waals surface area contributed by atoms with Crippen LogP contribution in [0.2, 0.25) is 0 Å². The molecule has 0 radical (unpaired) electrons. The van der Waals surface area contributed by atoms with E-state index in [4.69, 9.17) is 0 Å². The zero-order valence-electron chi connectivity index (χ0n) is 10.5. The van der Waals surface area contributed by atoms with Crippen LogP contribution >= 0.6 is 15.9 Å². The predicted octanol–water partition coefficient (Wildman–Crippen LogP) is 3.32. The molecule has 0 saturated carbocycles. The highest BCUT2D eigenvalue weighted by atomic mass is 79.9. The van der Waals surface area contributed by atoms with Gasteiger partial charge >= 0.3 is 0 Å². The summed E-state index contributed by atoms with van der Waals surface area (Å²) in [4.78, 5) is 11.9. The molecule has 0 bridgehead atoms. The maximum atomic E-state index is 11.9. The molecule has 1 rings (SSSR count). The van der Waals surface area contributed by atoms with E-state index in [1.165, 1.54) is 6.07 Å². The zero-order valence-corrected chi connectivity index (χ0v) is 12.1. The van der Waals surface area contributed by atoms with E-state index >= 15 is 0 Å². The monoisotopic (exact) mass is 299 g/mol. The molecule has 3 nitrogen and oxygen atoms in total. The first kappa shape index (κ1) is 14.0. The minimum Gasteiger partial charge on any atom is -0.507 e. The van der Waals surface area contributed by atoms with Crippen molar-refractivity contribution in [2.45, 2.75) is 33.7 Å². The molecule has 0 saturated heterocycles. The van der Waals surface area contributed by atoms with Crippen molar-refractivity contribution < 1.29 is 9.90 Å². The van der Waals surface area contributed by atoms with Crippen LogP contribution in [0, 0.1) is 5.41 Å². The number of hydrogen-bond donors (Lipinski definition) is 2.